The monoisotopic (exact) mass is 410 g/mol. The Morgan fingerprint density at radius 1 is 1.07 bits per heavy atom. The summed E-state index contributed by atoms with van der Waals surface area (Å²) in [6.07, 6.45) is 2.56. The van der Waals surface area contributed by atoms with Crippen LogP contribution in [0.25, 0.3) is 0 Å². The number of H-pyrrole nitrogens is 1. The van der Waals surface area contributed by atoms with Crippen LogP contribution < -0.4 is 16.0 Å². The van der Waals surface area contributed by atoms with Crippen LogP contribution in [0.15, 0.2) is 34.1 Å². The van der Waals surface area contributed by atoms with E-state index in [2.05, 4.69) is 37.7 Å². The van der Waals surface area contributed by atoms with E-state index < -0.39 is 0 Å². The second-order valence-corrected chi connectivity index (χ2v) is 8.88. The van der Waals surface area contributed by atoms with Crippen LogP contribution in [0.4, 0.5) is 5.82 Å². The van der Waals surface area contributed by atoms with E-state index >= 15 is 0 Å². The largest absolute Gasteiger partial charge is 0.355 e. The highest BCUT2D eigenvalue weighted by Crippen LogP contribution is 2.36. The minimum absolute atomic E-state index is 0.128. The van der Waals surface area contributed by atoms with Gasteiger partial charge < -0.3 is 19.4 Å². The van der Waals surface area contributed by atoms with E-state index in [0.29, 0.717) is 11.8 Å². The third-order valence-corrected chi connectivity index (χ3v) is 6.98. The van der Waals surface area contributed by atoms with Gasteiger partial charge in [-0.2, -0.15) is 0 Å². The summed E-state index contributed by atoms with van der Waals surface area (Å²) >= 11 is 0. The minimum atomic E-state index is -0.128. The van der Waals surface area contributed by atoms with Gasteiger partial charge in [0.05, 0.1) is 6.33 Å². The molecule has 30 heavy (non-hydrogen) atoms. The first-order valence-corrected chi connectivity index (χ1v) is 11.1. The van der Waals surface area contributed by atoms with Gasteiger partial charge >= 0.3 is 0 Å². The average molecular weight is 411 g/mol. The highest BCUT2D eigenvalue weighted by atomic mass is 16.1. The molecule has 3 aliphatic heterocycles. The van der Waals surface area contributed by atoms with Gasteiger partial charge in [-0.05, 0) is 24.9 Å². The highest BCUT2D eigenvalue weighted by molar-refractivity contribution is 5.39. The molecule has 3 aliphatic rings. The van der Waals surface area contributed by atoms with Gasteiger partial charge in [0.1, 0.15) is 5.82 Å². The SMILES string of the molecule is CCN1CCN(Cc2ccc3n(c2=O)C[C@H]2C[C@@H]3CN(c3cc(=O)[nH]cn3)C2)CC1. The fourth-order valence-corrected chi connectivity index (χ4v) is 5.33. The van der Waals surface area contributed by atoms with Crippen LogP contribution in [0.1, 0.15) is 30.5 Å². The predicted molar refractivity (Wildman–Crippen MR) is 116 cm³/mol. The van der Waals surface area contributed by atoms with E-state index in [4.69, 9.17) is 0 Å². The number of nitrogens with zero attached hydrogens (tertiary/aromatic N) is 5. The lowest BCUT2D eigenvalue weighted by Crippen LogP contribution is -2.49. The molecule has 2 bridgehead atoms. The minimum Gasteiger partial charge on any atom is -0.355 e. The number of aromatic amines is 1. The topological polar surface area (TPSA) is 77.5 Å². The zero-order valence-electron chi connectivity index (χ0n) is 17.6. The van der Waals surface area contributed by atoms with E-state index in [1.54, 1.807) is 6.07 Å². The molecular formula is C22H30N6O2. The highest BCUT2D eigenvalue weighted by Gasteiger charge is 2.35. The number of likely N-dealkylation sites (N-methyl/N-ethyl adjacent to an activating group) is 1. The van der Waals surface area contributed by atoms with Gasteiger partial charge in [-0.3, -0.25) is 14.5 Å². The van der Waals surface area contributed by atoms with Crippen molar-refractivity contribution in [3.8, 4) is 0 Å². The van der Waals surface area contributed by atoms with Crippen LogP contribution in [-0.4, -0.2) is 70.1 Å². The Kier molecular flexibility index (Phi) is 5.20. The van der Waals surface area contributed by atoms with Crippen molar-refractivity contribution in [3.63, 3.8) is 0 Å². The summed E-state index contributed by atoms with van der Waals surface area (Å²) in [6, 6.07) is 5.77. The van der Waals surface area contributed by atoms with Crippen LogP contribution in [0.5, 0.6) is 0 Å². The Bertz CT molecular complexity index is 1020. The van der Waals surface area contributed by atoms with E-state index in [1.165, 1.54) is 6.33 Å². The van der Waals surface area contributed by atoms with Gasteiger partial charge in [0, 0.05) is 75.6 Å². The molecule has 8 heteroatoms. The molecular weight excluding hydrogens is 380 g/mol. The fourth-order valence-electron chi connectivity index (χ4n) is 5.33. The maximum atomic E-state index is 13.3. The molecule has 2 aromatic heterocycles. The number of hydrogen-bond donors (Lipinski definition) is 1. The van der Waals surface area contributed by atoms with E-state index in [-0.39, 0.29) is 11.1 Å². The first-order chi connectivity index (χ1) is 14.6. The molecule has 8 nitrogen and oxygen atoms in total. The molecule has 2 aromatic rings. The number of pyridine rings is 1. The van der Waals surface area contributed by atoms with Crippen LogP contribution in [0.3, 0.4) is 0 Å². The number of nitrogens with one attached hydrogen (secondary N) is 1. The van der Waals surface area contributed by atoms with Crippen LogP contribution >= 0.6 is 0 Å². The summed E-state index contributed by atoms with van der Waals surface area (Å²) in [5.74, 6) is 1.43. The maximum Gasteiger partial charge on any atom is 0.255 e. The van der Waals surface area contributed by atoms with Crippen LogP contribution in [0.2, 0.25) is 0 Å². The lowest BCUT2D eigenvalue weighted by Gasteiger charge is -2.43. The average Bonchev–Trinajstić information content (AvgIpc) is 2.76. The molecule has 5 heterocycles. The summed E-state index contributed by atoms with van der Waals surface area (Å²) in [5, 5.41) is 0. The number of rotatable bonds is 4. The normalized spacial score (nSPS) is 24.6. The third-order valence-electron chi connectivity index (χ3n) is 6.98. The quantitative estimate of drug-likeness (QED) is 0.799. The Morgan fingerprint density at radius 2 is 1.87 bits per heavy atom. The first kappa shape index (κ1) is 19.5. The Balaban J connectivity index is 1.35. The molecule has 0 spiro atoms. The standard InChI is InChI=1S/C22H30N6O2/c1-2-25-5-7-26(8-6-25)13-17-3-4-19-18-9-16(12-28(19)22(17)30)11-27(14-18)20-10-21(29)24-15-23-20/h3-4,10,15-16,18H,2,5-9,11-14H2,1H3,(H,23,24,29)/t16-,18+/m0/s1. The molecule has 2 atom stereocenters. The Morgan fingerprint density at radius 3 is 2.63 bits per heavy atom. The van der Waals surface area contributed by atoms with Gasteiger partial charge in [-0.1, -0.05) is 13.0 Å². The van der Waals surface area contributed by atoms with Crippen molar-refractivity contribution < 1.29 is 0 Å². The summed E-state index contributed by atoms with van der Waals surface area (Å²) in [7, 11) is 0. The summed E-state index contributed by atoms with van der Waals surface area (Å²) in [6.45, 7) is 10.6. The molecule has 0 amide bonds. The second-order valence-electron chi connectivity index (χ2n) is 8.88. The zero-order chi connectivity index (χ0) is 20.7. The molecule has 0 radical (unpaired) electrons. The number of anilines is 1. The number of piperazine rings is 1. The van der Waals surface area contributed by atoms with E-state index in [9.17, 15) is 9.59 Å². The molecule has 0 aromatic carbocycles. The number of hydrogen-bond acceptors (Lipinski definition) is 6. The van der Waals surface area contributed by atoms with Gasteiger partial charge in [-0.15, -0.1) is 0 Å². The summed E-state index contributed by atoms with van der Waals surface area (Å²) in [5.41, 5.74) is 2.10. The van der Waals surface area contributed by atoms with E-state index in [0.717, 1.165) is 82.4 Å². The lowest BCUT2D eigenvalue weighted by molar-refractivity contribution is 0.131. The predicted octanol–water partition coefficient (Wildman–Crippen LogP) is 0.693. The van der Waals surface area contributed by atoms with Gasteiger partial charge in [0.2, 0.25) is 0 Å². The van der Waals surface area contributed by atoms with Gasteiger partial charge in [0.25, 0.3) is 11.1 Å². The van der Waals surface area contributed by atoms with Crippen LogP contribution in [-0.2, 0) is 13.1 Å². The van der Waals surface area contributed by atoms with Crippen molar-refractivity contribution in [2.75, 3.05) is 50.7 Å². The van der Waals surface area contributed by atoms with Crippen LogP contribution in [0, 0.1) is 5.92 Å². The number of aromatic nitrogens is 3. The second kappa shape index (κ2) is 8.00. The van der Waals surface area contributed by atoms with Gasteiger partial charge in [-0.25, -0.2) is 4.98 Å². The van der Waals surface area contributed by atoms with Gasteiger partial charge in [0.15, 0.2) is 0 Å². The van der Waals surface area contributed by atoms with Crippen molar-refractivity contribution >= 4 is 5.82 Å². The molecule has 0 saturated carbocycles. The molecule has 1 N–H and O–H groups in total. The molecule has 0 aliphatic carbocycles. The van der Waals surface area contributed by atoms with Crippen molar-refractivity contribution in [3.05, 3.63) is 56.5 Å². The Labute approximate surface area is 176 Å². The summed E-state index contributed by atoms with van der Waals surface area (Å²) < 4.78 is 2.03. The third kappa shape index (κ3) is 3.70. The Hall–Kier alpha value is -2.45. The first-order valence-electron chi connectivity index (χ1n) is 11.1. The van der Waals surface area contributed by atoms with E-state index in [1.807, 2.05) is 10.6 Å². The van der Waals surface area contributed by atoms with Crippen molar-refractivity contribution in [2.24, 2.45) is 5.92 Å². The fraction of sp³-hybridized carbons (Fsp3) is 0.591. The summed E-state index contributed by atoms with van der Waals surface area (Å²) in [4.78, 5) is 39.0. The number of fused-ring (bicyclic) bond motifs is 4. The molecule has 2 saturated heterocycles. The number of piperidine rings is 1. The zero-order valence-corrected chi connectivity index (χ0v) is 17.6. The maximum absolute atomic E-state index is 13.3. The molecule has 0 unspecified atom stereocenters. The lowest BCUT2D eigenvalue weighted by atomic mass is 9.83. The molecule has 2 fully saturated rings. The van der Waals surface area contributed by atoms with Crippen molar-refractivity contribution in [1.82, 2.24) is 24.3 Å². The van der Waals surface area contributed by atoms with Crippen molar-refractivity contribution in [2.45, 2.75) is 32.4 Å². The van der Waals surface area contributed by atoms with Crippen molar-refractivity contribution in [1.29, 1.82) is 0 Å². The molecule has 160 valence electrons. The smallest absolute Gasteiger partial charge is 0.255 e. The molecule has 5 rings (SSSR count).